The van der Waals surface area contributed by atoms with Gasteiger partial charge in [-0.1, -0.05) is 18.2 Å². The van der Waals surface area contributed by atoms with E-state index in [9.17, 15) is 29.6 Å². The minimum atomic E-state index is -1.11. The minimum Gasteiger partial charge on any atom is -0.507 e. The Morgan fingerprint density at radius 1 is 1.06 bits per heavy atom. The van der Waals surface area contributed by atoms with Crippen molar-refractivity contribution in [2.24, 2.45) is 0 Å². The van der Waals surface area contributed by atoms with Crippen molar-refractivity contribution in [3.05, 3.63) is 105 Å². The van der Waals surface area contributed by atoms with Crippen LogP contribution in [-0.2, 0) is 14.3 Å². The van der Waals surface area contributed by atoms with Gasteiger partial charge < -0.3 is 9.84 Å². The number of hydrogen-bond donors (Lipinski definition) is 1. The molecular formula is C26H21N3O7. The van der Waals surface area contributed by atoms with Gasteiger partial charge in [0.1, 0.15) is 11.8 Å². The van der Waals surface area contributed by atoms with E-state index in [-0.39, 0.29) is 34.2 Å². The second-order valence-electron chi connectivity index (χ2n) is 8.23. The van der Waals surface area contributed by atoms with Gasteiger partial charge in [-0.25, -0.2) is 4.79 Å². The van der Waals surface area contributed by atoms with E-state index in [0.29, 0.717) is 5.69 Å². The molecule has 2 aromatic carbocycles. The Kier molecular flexibility index (Phi) is 6.60. The number of benzene rings is 2. The van der Waals surface area contributed by atoms with Gasteiger partial charge in [-0.2, -0.15) is 0 Å². The average Bonchev–Trinajstić information content (AvgIpc) is 3.14. The van der Waals surface area contributed by atoms with Crippen LogP contribution in [0.3, 0.4) is 0 Å². The molecule has 1 aliphatic rings. The van der Waals surface area contributed by atoms with E-state index in [1.54, 1.807) is 32.0 Å². The highest BCUT2D eigenvalue weighted by Crippen LogP contribution is 2.41. The molecule has 2 heterocycles. The molecule has 1 aromatic heterocycles. The van der Waals surface area contributed by atoms with Crippen molar-refractivity contribution >= 4 is 34.8 Å². The van der Waals surface area contributed by atoms with Crippen molar-refractivity contribution in [3.63, 3.8) is 0 Å². The lowest BCUT2D eigenvalue weighted by Gasteiger charge is -2.24. The molecule has 1 N–H and O–H groups in total. The van der Waals surface area contributed by atoms with E-state index >= 15 is 0 Å². The molecule has 0 radical (unpaired) electrons. The molecule has 0 spiro atoms. The van der Waals surface area contributed by atoms with Gasteiger partial charge in [-0.3, -0.25) is 29.6 Å². The monoisotopic (exact) mass is 487 g/mol. The second kappa shape index (κ2) is 9.79. The van der Waals surface area contributed by atoms with Crippen molar-refractivity contribution in [3.8, 4) is 0 Å². The molecule has 1 unspecified atom stereocenters. The lowest BCUT2D eigenvalue weighted by molar-refractivity contribution is -0.384. The molecule has 10 nitrogen and oxygen atoms in total. The third kappa shape index (κ3) is 4.56. The topological polar surface area (TPSA) is 140 Å². The number of esters is 1. The molecule has 3 aromatic rings. The van der Waals surface area contributed by atoms with Crippen LogP contribution in [0.4, 0.5) is 11.4 Å². The maximum Gasteiger partial charge on any atom is 0.338 e. The molecule has 0 saturated carbocycles. The number of pyridine rings is 1. The van der Waals surface area contributed by atoms with Gasteiger partial charge in [0.15, 0.2) is 0 Å². The number of aromatic nitrogens is 1. The van der Waals surface area contributed by atoms with E-state index in [4.69, 9.17) is 4.74 Å². The third-order valence-corrected chi connectivity index (χ3v) is 5.47. The number of amides is 1. The molecular weight excluding hydrogens is 466 g/mol. The molecule has 36 heavy (non-hydrogen) atoms. The third-order valence-electron chi connectivity index (χ3n) is 5.47. The van der Waals surface area contributed by atoms with Gasteiger partial charge in [-0.15, -0.1) is 0 Å². The standard InChI is InChI=1S/C26H21N3O7/c1-15(2)36-26(33)16-9-11-18(12-10-16)28-22(20-8-3-4-13-27-20)21(24(31)25(28)32)23(30)17-6-5-7-19(14-17)29(34)35/h3-15,22,30H,1-2H3/b23-21-. The number of nitro benzene ring substituents is 1. The number of nitro groups is 1. The van der Waals surface area contributed by atoms with E-state index in [0.717, 1.165) is 6.07 Å². The highest BCUT2D eigenvalue weighted by atomic mass is 16.6. The van der Waals surface area contributed by atoms with Crippen LogP contribution in [0.25, 0.3) is 5.76 Å². The summed E-state index contributed by atoms with van der Waals surface area (Å²) >= 11 is 0. The number of aliphatic hydroxyl groups excluding tert-OH is 1. The Balaban J connectivity index is 1.84. The summed E-state index contributed by atoms with van der Waals surface area (Å²) in [5.41, 5.74) is 0.304. The van der Waals surface area contributed by atoms with E-state index in [1.807, 2.05) is 0 Å². The van der Waals surface area contributed by atoms with Gasteiger partial charge in [0.25, 0.3) is 17.4 Å². The molecule has 4 rings (SSSR count). The zero-order valence-corrected chi connectivity index (χ0v) is 19.3. The maximum atomic E-state index is 13.2. The molecule has 1 amide bonds. The quantitative estimate of drug-likeness (QED) is 0.136. The van der Waals surface area contributed by atoms with Crippen LogP contribution < -0.4 is 4.90 Å². The number of anilines is 1. The molecule has 1 saturated heterocycles. The second-order valence-corrected chi connectivity index (χ2v) is 8.23. The summed E-state index contributed by atoms with van der Waals surface area (Å²) in [4.78, 5) is 54.6. The normalized spacial score (nSPS) is 16.9. The number of carbonyl (C=O) groups is 3. The van der Waals surface area contributed by atoms with Crippen molar-refractivity contribution < 1.29 is 29.2 Å². The average molecular weight is 487 g/mol. The highest BCUT2D eigenvalue weighted by Gasteiger charge is 2.47. The zero-order chi connectivity index (χ0) is 26.0. The largest absolute Gasteiger partial charge is 0.507 e. The number of ketones is 1. The van der Waals surface area contributed by atoms with Crippen LogP contribution in [0.5, 0.6) is 0 Å². The number of nitrogens with zero attached hydrogens (tertiary/aromatic N) is 3. The van der Waals surface area contributed by atoms with Gasteiger partial charge >= 0.3 is 5.97 Å². The number of Topliss-reactive ketones (excluding diaryl/α,β-unsaturated/α-hetero) is 1. The molecule has 0 aliphatic carbocycles. The summed E-state index contributed by atoms with van der Waals surface area (Å²) in [7, 11) is 0. The van der Waals surface area contributed by atoms with Gasteiger partial charge in [0.05, 0.1) is 27.9 Å². The molecule has 1 atom stereocenters. The fourth-order valence-electron chi connectivity index (χ4n) is 3.88. The van der Waals surface area contributed by atoms with Gasteiger partial charge in [0.2, 0.25) is 0 Å². The fourth-order valence-corrected chi connectivity index (χ4v) is 3.88. The lowest BCUT2D eigenvalue weighted by Crippen LogP contribution is -2.29. The molecule has 1 fully saturated rings. The summed E-state index contributed by atoms with van der Waals surface area (Å²) in [6.07, 6.45) is 1.17. The predicted octanol–water partition coefficient (Wildman–Crippen LogP) is 4.18. The Morgan fingerprint density at radius 3 is 2.39 bits per heavy atom. The maximum absolute atomic E-state index is 13.2. The van der Waals surface area contributed by atoms with Crippen molar-refractivity contribution in [1.82, 2.24) is 4.98 Å². The van der Waals surface area contributed by atoms with Crippen LogP contribution in [0.15, 0.2) is 78.5 Å². The minimum absolute atomic E-state index is 0.00918. The fraction of sp³-hybridized carbons (Fsp3) is 0.154. The van der Waals surface area contributed by atoms with Crippen LogP contribution >= 0.6 is 0 Å². The summed E-state index contributed by atoms with van der Waals surface area (Å²) in [5.74, 6) is -2.99. The first kappa shape index (κ1) is 24.3. The number of non-ortho nitro benzene ring substituents is 1. The zero-order valence-electron chi connectivity index (χ0n) is 19.3. The molecule has 10 heteroatoms. The van der Waals surface area contributed by atoms with E-state index < -0.39 is 34.4 Å². The summed E-state index contributed by atoms with van der Waals surface area (Å²) < 4.78 is 5.18. The molecule has 0 bridgehead atoms. The number of carbonyl (C=O) groups excluding carboxylic acids is 3. The SMILES string of the molecule is CC(C)OC(=O)c1ccc(N2C(=O)C(=O)/C(=C(\O)c3cccc([N+](=O)[O-])c3)C2c2ccccn2)cc1. The summed E-state index contributed by atoms with van der Waals surface area (Å²) in [5, 5.41) is 22.3. The molecule has 1 aliphatic heterocycles. The number of hydrogen-bond acceptors (Lipinski definition) is 8. The van der Waals surface area contributed by atoms with Crippen LogP contribution in [0, 0.1) is 10.1 Å². The Labute approximate surface area is 205 Å². The Hall–Kier alpha value is -4.86. The van der Waals surface area contributed by atoms with Crippen LogP contribution in [0.2, 0.25) is 0 Å². The highest BCUT2D eigenvalue weighted by molar-refractivity contribution is 6.51. The van der Waals surface area contributed by atoms with Crippen molar-refractivity contribution in [2.45, 2.75) is 26.0 Å². The number of ether oxygens (including phenoxy) is 1. The predicted molar refractivity (Wildman–Crippen MR) is 129 cm³/mol. The summed E-state index contributed by atoms with van der Waals surface area (Å²) in [6.45, 7) is 3.44. The van der Waals surface area contributed by atoms with Crippen molar-refractivity contribution in [1.29, 1.82) is 0 Å². The van der Waals surface area contributed by atoms with Crippen LogP contribution in [0.1, 0.15) is 41.5 Å². The Morgan fingerprint density at radius 2 is 1.78 bits per heavy atom. The van der Waals surface area contributed by atoms with Crippen LogP contribution in [-0.4, -0.2) is 38.8 Å². The first-order valence-electron chi connectivity index (χ1n) is 11.0. The van der Waals surface area contributed by atoms with E-state index in [2.05, 4.69) is 4.98 Å². The first-order valence-corrected chi connectivity index (χ1v) is 11.0. The molecule has 182 valence electrons. The number of rotatable bonds is 6. The smallest absolute Gasteiger partial charge is 0.338 e. The lowest BCUT2D eigenvalue weighted by atomic mass is 9.98. The van der Waals surface area contributed by atoms with E-state index in [1.165, 1.54) is 53.6 Å². The first-order chi connectivity index (χ1) is 17.2. The van der Waals surface area contributed by atoms with Gasteiger partial charge in [-0.05, 0) is 50.2 Å². The van der Waals surface area contributed by atoms with Gasteiger partial charge in [0, 0.05) is 29.6 Å². The van der Waals surface area contributed by atoms with Crippen molar-refractivity contribution in [2.75, 3.05) is 4.90 Å². The number of aliphatic hydroxyl groups is 1. The summed E-state index contributed by atoms with van der Waals surface area (Å²) in [6, 6.07) is 14.9. The Bertz CT molecular complexity index is 1380.